The third-order valence-corrected chi connectivity index (χ3v) is 15.0. The highest BCUT2D eigenvalue weighted by Gasteiger charge is 2.42. The normalized spacial score (nSPS) is 15.3. The first-order valence-corrected chi connectivity index (χ1v) is 23.2. The zero-order valence-corrected chi connectivity index (χ0v) is 37.5. The molecule has 12 heteroatoms. The molecule has 12 nitrogen and oxygen atoms in total. The molecule has 0 aliphatic carbocycles. The van der Waals surface area contributed by atoms with E-state index in [1.54, 1.807) is 52.9 Å². The van der Waals surface area contributed by atoms with Crippen molar-refractivity contribution >= 4 is 128 Å². The highest BCUT2D eigenvalue weighted by molar-refractivity contribution is 6.41. The second kappa shape index (κ2) is 13.3. The van der Waals surface area contributed by atoms with Crippen molar-refractivity contribution in [3.63, 3.8) is 0 Å². The van der Waals surface area contributed by atoms with Crippen LogP contribution in [0.2, 0.25) is 0 Å². The van der Waals surface area contributed by atoms with Crippen LogP contribution in [0.5, 0.6) is 0 Å². The van der Waals surface area contributed by atoms with Crippen LogP contribution in [0.3, 0.4) is 0 Å². The zero-order chi connectivity index (χ0) is 47.1. The molecule has 3 aliphatic heterocycles. The maximum atomic E-state index is 14.7. The Labute approximate surface area is 390 Å². The quantitative estimate of drug-likeness (QED) is 0.0873. The fraction of sp³-hybridized carbons (Fsp3) is 0.158. The molecule has 332 valence electrons. The van der Waals surface area contributed by atoms with E-state index in [9.17, 15) is 33.6 Å². The maximum Gasteiger partial charge on any atom is 0.264 e. The van der Waals surface area contributed by atoms with Gasteiger partial charge in [-0.2, -0.15) is 0 Å². The van der Waals surface area contributed by atoms with E-state index in [4.69, 9.17) is 4.98 Å². The lowest BCUT2D eigenvalue weighted by atomic mass is 9.81. The molecule has 0 bridgehead atoms. The van der Waals surface area contributed by atoms with Crippen molar-refractivity contribution in [3.05, 3.63) is 153 Å². The van der Waals surface area contributed by atoms with Crippen LogP contribution in [-0.2, 0) is 0 Å². The van der Waals surface area contributed by atoms with Crippen LogP contribution in [0, 0.1) is 5.41 Å². The summed E-state index contributed by atoms with van der Waals surface area (Å²) in [6.45, 7) is 5.79. The van der Waals surface area contributed by atoms with Crippen molar-refractivity contribution in [2.75, 3.05) is 19.6 Å². The molecule has 0 fully saturated rings. The first-order chi connectivity index (χ1) is 33.3. The van der Waals surface area contributed by atoms with E-state index < -0.39 is 29.0 Å². The Balaban J connectivity index is 0.811. The van der Waals surface area contributed by atoms with Gasteiger partial charge >= 0.3 is 0 Å². The van der Waals surface area contributed by atoms with Crippen LogP contribution in [0.15, 0.2) is 114 Å². The number of nitrogens with zero attached hydrogens (tertiary/aromatic N) is 5. The number of hydrogen-bond acceptors (Lipinski definition) is 8. The Morgan fingerprint density at radius 2 is 0.841 bits per heavy atom. The molecular weight excluding hydrogens is 867 g/mol. The highest BCUT2D eigenvalue weighted by atomic mass is 16.2. The minimum atomic E-state index is -0.971. The molecule has 0 spiro atoms. The standard InChI is InChI=1S/C57H37N5O7/c1-4-5-22-59-50(63)34-15-10-29-31-12-17-36-47-37(18-13-32(44(31)47)30-11-16-35(51(59)64)46(34)43(29)30)53(66)60(52(36)65)25-57(2,3)26-61-54(67)38-19-14-33-45-40(21-20-39(48(38)45)55(61)68)56(69)62-42-24-28-9-7-6-8-27(28)23-41(42)58-49(33)62/h6-21,23-24H,4-5,22,25-26H2,1-3H3. The number of imidazole rings is 1. The average Bonchev–Trinajstić information content (AvgIpc) is 3.73. The maximum absolute atomic E-state index is 14.7. The summed E-state index contributed by atoms with van der Waals surface area (Å²) in [7, 11) is 0. The third kappa shape index (κ3) is 4.96. The van der Waals surface area contributed by atoms with Crippen molar-refractivity contribution in [2.24, 2.45) is 5.41 Å². The van der Waals surface area contributed by atoms with Gasteiger partial charge in [-0.05, 0) is 110 Å². The number of pyridine rings is 1. The Morgan fingerprint density at radius 1 is 0.449 bits per heavy atom. The van der Waals surface area contributed by atoms with Gasteiger partial charge in [0, 0.05) is 90.7 Å². The van der Waals surface area contributed by atoms with E-state index in [1.807, 2.05) is 81.4 Å². The molecule has 0 radical (unpaired) electrons. The van der Waals surface area contributed by atoms with E-state index in [0.29, 0.717) is 84.2 Å². The number of hydrogen-bond donors (Lipinski definition) is 0. The zero-order valence-electron chi connectivity index (χ0n) is 37.5. The number of benzene rings is 9. The Bertz CT molecular complexity index is 4250. The molecule has 69 heavy (non-hydrogen) atoms. The summed E-state index contributed by atoms with van der Waals surface area (Å²) in [6.07, 6.45) is 1.55. The van der Waals surface area contributed by atoms with Gasteiger partial charge < -0.3 is 0 Å². The summed E-state index contributed by atoms with van der Waals surface area (Å²) in [5.74, 6) is -2.68. The summed E-state index contributed by atoms with van der Waals surface area (Å²) >= 11 is 0. The van der Waals surface area contributed by atoms with Crippen LogP contribution in [0.25, 0.3) is 92.1 Å². The second-order valence-electron chi connectivity index (χ2n) is 19.7. The monoisotopic (exact) mass is 903 g/mol. The van der Waals surface area contributed by atoms with Crippen molar-refractivity contribution in [1.82, 2.24) is 24.1 Å². The molecule has 6 amide bonds. The summed E-state index contributed by atoms with van der Waals surface area (Å²) < 4.78 is 1.61. The van der Waals surface area contributed by atoms with E-state index in [0.717, 1.165) is 49.5 Å². The number of imide groups is 3. The Kier molecular flexibility index (Phi) is 7.61. The lowest BCUT2D eigenvalue weighted by molar-refractivity contribution is 0.0454. The van der Waals surface area contributed by atoms with Crippen LogP contribution in [0.1, 0.15) is 95.8 Å². The Hall–Kier alpha value is -8.64. The predicted octanol–water partition coefficient (Wildman–Crippen LogP) is 10.1. The SMILES string of the molecule is CCCCN1C(=O)c2ccc3c4ccc5c6c(ccc(c7ccc(c2c37)C1=O)c64)C(=O)N(CC(C)(C)CN1C(=O)c2ccc3c(=O)n4c6cc7ccccc7cc6nc4c4ccc(c2c34)C1=O)C5=O. The van der Waals surface area contributed by atoms with Crippen molar-refractivity contribution < 1.29 is 28.8 Å². The molecular formula is C57H37N5O7. The number of unbranched alkanes of at least 4 members (excludes halogenated alkanes) is 1. The fourth-order valence-electron chi connectivity index (χ4n) is 11.9. The molecule has 5 heterocycles. The van der Waals surface area contributed by atoms with Gasteiger partial charge in [0.2, 0.25) is 0 Å². The Morgan fingerprint density at radius 3 is 1.29 bits per heavy atom. The van der Waals surface area contributed by atoms with Crippen molar-refractivity contribution in [3.8, 4) is 0 Å². The van der Waals surface area contributed by atoms with Crippen LogP contribution >= 0.6 is 0 Å². The molecule has 3 aliphatic rings. The van der Waals surface area contributed by atoms with Crippen molar-refractivity contribution in [2.45, 2.75) is 33.6 Å². The summed E-state index contributed by atoms with van der Waals surface area (Å²) in [6, 6.07) is 33.1. The van der Waals surface area contributed by atoms with Gasteiger partial charge in [-0.1, -0.05) is 75.7 Å². The molecule has 0 unspecified atom stereocenters. The third-order valence-electron chi connectivity index (χ3n) is 15.0. The minimum Gasteiger partial charge on any atom is -0.274 e. The molecule has 9 aromatic carbocycles. The number of carbonyl (C=O) groups excluding carboxylic acids is 6. The van der Waals surface area contributed by atoms with Crippen LogP contribution < -0.4 is 5.56 Å². The number of rotatable bonds is 7. The second-order valence-corrected chi connectivity index (χ2v) is 19.7. The van der Waals surface area contributed by atoms with E-state index in [2.05, 4.69) is 0 Å². The average molecular weight is 904 g/mol. The predicted molar refractivity (Wildman–Crippen MR) is 265 cm³/mol. The molecule has 0 N–H and O–H groups in total. The lowest BCUT2D eigenvalue weighted by Gasteiger charge is -2.38. The first kappa shape index (κ1) is 39.5. The smallest absolute Gasteiger partial charge is 0.264 e. The first-order valence-electron chi connectivity index (χ1n) is 23.2. The molecule has 0 atom stereocenters. The largest absolute Gasteiger partial charge is 0.274 e. The number of fused-ring (bicyclic) bond motifs is 7. The fourth-order valence-corrected chi connectivity index (χ4v) is 11.9. The topological polar surface area (TPSA) is 147 Å². The minimum absolute atomic E-state index is 0.100. The van der Waals surface area contributed by atoms with Gasteiger partial charge in [-0.3, -0.25) is 52.7 Å². The molecule has 0 saturated heterocycles. The summed E-state index contributed by atoms with van der Waals surface area (Å²) in [4.78, 5) is 109. The van der Waals surface area contributed by atoms with Crippen LogP contribution in [-0.4, -0.2) is 79.2 Å². The summed E-state index contributed by atoms with van der Waals surface area (Å²) in [5.41, 5.74) is 2.70. The highest BCUT2D eigenvalue weighted by Crippen LogP contribution is 2.47. The molecule has 14 rings (SSSR count). The van der Waals surface area contributed by atoms with Gasteiger partial charge in [-0.25, -0.2) is 4.98 Å². The number of amides is 6. The van der Waals surface area contributed by atoms with Gasteiger partial charge in [0.15, 0.2) is 0 Å². The van der Waals surface area contributed by atoms with E-state index >= 15 is 0 Å². The van der Waals surface area contributed by atoms with Gasteiger partial charge in [-0.15, -0.1) is 0 Å². The molecule has 0 saturated carbocycles. The number of carbonyl (C=O) groups is 6. The van der Waals surface area contributed by atoms with E-state index in [-0.39, 0.29) is 41.6 Å². The van der Waals surface area contributed by atoms with Gasteiger partial charge in [0.1, 0.15) is 5.65 Å². The molecule has 2 aromatic heterocycles. The lowest BCUT2D eigenvalue weighted by Crippen LogP contribution is -2.51. The number of aromatic nitrogens is 2. The van der Waals surface area contributed by atoms with Crippen LogP contribution in [0.4, 0.5) is 0 Å². The van der Waals surface area contributed by atoms with Crippen molar-refractivity contribution in [1.29, 1.82) is 0 Å². The van der Waals surface area contributed by atoms with E-state index in [1.165, 1.54) is 14.7 Å². The van der Waals surface area contributed by atoms with Gasteiger partial charge in [0.05, 0.1) is 11.0 Å². The molecule has 11 aromatic rings. The van der Waals surface area contributed by atoms with Gasteiger partial charge in [0.25, 0.3) is 41.0 Å². The summed E-state index contributed by atoms with van der Waals surface area (Å²) in [5, 5.41) is 9.80.